The van der Waals surface area contributed by atoms with E-state index in [1.807, 2.05) is 13.1 Å². The minimum atomic E-state index is 0.206. The van der Waals surface area contributed by atoms with Crippen LogP contribution >= 0.6 is 0 Å². The van der Waals surface area contributed by atoms with Crippen molar-refractivity contribution in [1.82, 2.24) is 9.80 Å². The van der Waals surface area contributed by atoms with Crippen LogP contribution in [0.3, 0.4) is 0 Å². The first kappa shape index (κ1) is 17.7. The highest BCUT2D eigenvalue weighted by atomic mass is 16.2. The van der Waals surface area contributed by atoms with Gasteiger partial charge in [-0.1, -0.05) is 37.3 Å². The Kier molecular flexibility index (Phi) is 8.71. The van der Waals surface area contributed by atoms with Crippen molar-refractivity contribution in [2.24, 2.45) is 5.73 Å². The van der Waals surface area contributed by atoms with Gasteiger partial charge in [-0.05, 0) is 31.5 Å². The molecule has 2 N–H and O–H groups in total. The number of hydrogen-bond acceptors (Lipinski definition) is 3. The van der Waals surface area contributed by atoms with Gasteiger partial charge in [0, 0.05) is 33.1 Å². The summed E-state index contributed by atoms with van der Waals surface area (Å²) in [5.74, 6) is 0.206. The number of hydrogen-bond donors (Lipinski definition) is 1. The zero-order valence-corrected chi connectivity index (χ0v) is 13.4. The number of carbonyl (C=O) groups excluding carboxylic acids is 1. The van der Waals surface area contributed by atoms with E-state index in [1.165, 1.54) is 5.56 Å². The Morgan fingerprint density at radius 2 is 1.86 bits per heavy atom. The molecule has 4 heteroatoms. The SMILES string of the molecule is CCCN(CCC(=O)N(C)CCCN)Cc1ccccc1. The molecule has 4 nitrogen and oxygen atoms in total. The molecule has 0 atom stereocenters. The first-order chi connectivity index (χ1) is 10.2. The van der Waals surface area contributed by atoms with Gasteiger partial charge in [0.15, 0.2) is 0 Å². The fraction of sp³-hybridized carbons (Fsp3) is 0.588. The molecule has 118 valence electrons. The summed E-state index contributed by atoms with van der Waals surface area (Å²) in [6, 6.07) is 10.4. The smallest absolute Gasteiger partial charge is 0.223 e. The molecule has 0 saturated heterocycles. The number of nitrogens with two attached hydrogens (primary N) is 1. The predicted molar refractivity (Wildman–Crippen MR) is 87.9 cm³/mol. The lowest BCUT2D eigenvalue weighted by Crippen LogP contribution is -2.33. The standard InChI is InChI=1S/C17H29N3O/c1-3-12-20(15-16-8-5-4-6-9-16)14-10-17(21)19(2)13-7-11-18/h4-6,8-9H,3,7,10-15,18H2,1-2H3. The molecule has 0 aromatic heterocycles. The molecule has 0 unspecified atom stereocenters. The molecule has 21 heavy (non-hydrogen) atoms. The molecular weight excluding hydrogens is 262 g/mol. The molecule has 1 rings (SSSR count). The highest BCUT2D eigenvalue weighted by molar-refractivity contribution is 5.76. The maximum Gasteiger partial charge on any atom is 0.223 e. The number of benzene rings is 1. The Bertz CT molecular complexity index is 394. The van der Waals surface area contributed by atoms with Gasteiger partial charge in [-0.15, -0.1) is 0 Å². The molecule has 0 radical (unpaired) electrons. The molecular formula is C17H29N3O. The summed E-state index contributed by atoms with van der Waals surface area (Å²) in [6.07, 6.45) is 2.54. The van der Waals surface area contributed by atoms with E-state index < -0.39 is 0 Å². The summed E-state index contributed by atoms with van der Waals surface area (Å²) in [4.78, 5) is 16.2. The van der Waals surface area contributed by atoms with E-state index in [0.717, 1.165) is 39.0 Å². The van der Waals surface area contributed by atoms with Gasteiger partial charge in [-0.25, -0.2) is 0 Å². The maximum absolute atomic E-state index is 12.1. The molecule has 0 aliphatic heterocycles. The molecule has 1 amide bonds. The summed E-state index contributed by atoms with van der Waals surface area (Å²) >= 11 is 0. The van der Waals surface area contributed by atoms with Crippen LogP contribution in [0, 0.1) is 0 Å². The third-order valence-electron chi connectivity index (χ3n) is 3.55. The molecule has 1 aromatic rings. The number of nitrogens with zero attached hydrogens (tertiary/aromatic N) is 2. The van der Waals surface area contributed by atoms with E-state index >= 15 is 0 Å². The Morgan fingerprint density at radius 1 is 1.14 bits per heavy atom. The van der Waals surface area contributed by atoms with Crippen LogP contribution in [0.15, 0.2) is 30.3 Å². The topological polar surface area (TPSA) is 49.6 Å². The van der Waals surface area contributed by atoms with Crippen LogP contribution < -0.4 is 5.73 Å². The fourth-order valence-electron chi connectivity index (χ4n) is 2.33. The monoisotopic (exact) mass is 291 g/mol. The fourth-order valence-corrected chi connectivity index (χ4v) is 2.33. The lowest BCUT2D eigenvalue weighted by atomic mass is 10.2. The van der Waals surface area contributed by atoms with E-state index in [0.29, 0.717) is 13.0 Å². The Hall–Kier alpha value is -1.39. The van der Waals surface area contributed by atoms with Crippen LogP contribution in [0.5, 0.6) is 0 Å². The maximum atomic E-state index is 12.1. The van der Waals surface area contributed by atoms with E-state index in [9.17, 15) is 4.79 Å². The molecule has 0 bridgehead atoms. The van der Waals surface area contributed by atoms with Crippen molar-refractivity contribution in [2.75, 3.05) is 33.2 Å². The van der Waals surface area contributed by atoms with Gasteiger partial charge in [-0.3, -0.25) is 9.69 Å². The normalized spacial score (nSPS) is 10.9. The Balaban J connectivity index is 2.42. The van der Waals surface area contributed by atoms with E-state index in [-0.39, 0.29) is 5.91 Å². The number of carbonyl (C=O) groups is 1. The predicted octanol–water partition coefficient (Wildman–Crippen LogP) is 2.10. The summed E-state index contributed by atoms with van der Waals surface area (Å²) in [5.41, 5.74) is 6.78. The second-order valence-corrected chi connectivity index (χ2v) is 5.47. The van der Waals surface area contributed by atoms with Crippen LogP contribution in [-0.4, -0.2) is 48.9 Å². The number of amides is 1. The zero-order chi connectivity index (χ0) is 15.5. The summed E-state index contributed by atoms with van der Waals surface area (Å²) in [5, 5.41) is 0. The quantitative estimate of drug-likeness (QED) is 0.718. The largest absolute Gasteiger partial charge is 0.346 e. The molecule has 1 aromatic carbocycles. The molecule has 0 saturated carbocycles. The van der Waals surface area contributed by atoms with Crippen molar-refractivity contribution < 1.29 is 4.79 Å². The first-order valence-electron chi connectivity index (χ1n) is 7.87. The van der Waals surface area contributed by atoms with E-state index in [4.69, 9.17) is 5.73 Å². The van der Waals surface area contributed by atoms with Crippen molar-refractivity contribution in [2.45, 2.75) is 32.7 Å². The minimum Gasteiger partial charge on any atom is -0.346 e. The van der Waals surface area contributed by atoms with Gasteiger partial charge in [0.2, 0.25) is 5.91 Å². The Morgan fingerprint density at radius 3 is 2.48 bits per heavy atom. The molecule has 0 aliphatic rings. The van der Waals surface area contributed by atoms with Crippen LogP contribution in [-0.2, 0) is 11.3 Å². The molecule has 0 fully saturated rings. The van der Waals surface area contributed by atoms with Crippen molar-refractivity contribution in [3.63, 3.8) is 0 Å². The first-order valence-corrected chi connectivity index (χ1v) is 7.87. The molecule has 0 spiro atoms. The third kappa shape index (κ3) is 7.25. The lowest BCUT2D eigenvalue weighted by Gasteiger charge is -2.23. The minimum absolute atomic E-state index is 0.206. The highest BCUT2D eigenvalue weighted by Gasteiger charge is 2.11. The molecule has 0 aliphatic carbocycles. The second-order valence-electron chi connectivity index (χ2n) is 5.47. The Labute approximate surface area is 128 Å². The average Bonchev–Trinajstić information content (AvgIpc) is 2.51. The third-order valence-corrected chi connectivity index (χ3v) is 3.55. The van der Waals surface area contributed by atoms with Crippen LogP contribution in [0.25, 0.3) is 0 Å². The van der Waals surface area contributed by atoms with Crippen LogP contribution in [0.4, 0.5) is 0 Å². The van der Waals surface area contributed by atoms with Gasteiger partial charge in [0.1, 0.15) is 0 Å². The second kappa shape index (κ2) is 10.4. The van der Waals surface area contributed by atoms with Crippen LogP contribution in [0.1, 0.15) is 31.7 Å². The summed E-state index contributed by atoms with van der Waals surface area (Å²) < 4.78 is 0. The van der Waals surface area contributed by atoms with Gasteiger partial charge >= 0.3 is 0 Å². The number of rotatable bonds is 10. The van der Waals surface area contributed by atoms with Crippen molar-refractivity contribution in [1.29, 1.82) is 0 Å². The lowest BCUT2D eigenvalue weighted by molar-refractivity contribution is -0.130. The van der Waals surface area contributed by atoms with Crippen molar-refractivity contribution >= 4 is 5.91 Å². The van der Waals surface area contributed by atoms with Gasteiger partial charge in [0.05, 0.1) is 0 Å². The average molecular weight is 291 g/mol. The zero-order valence-electron chi connectivity index (χ0n) is 13.4. The molecule has 0 heterocycles. The van der Waals surface area contributed by atoms with E-state index in [1.54, 1.807) is 4.90 Å². The van der Waals surface area contributed by atoms with Crippen molar-refractivity contribution in [3.8, 4) is 0 Å². The summed E-state index contributed by atoms with van der Waals surface area (Å²) in [6.45, 7) is 6.31. The van der Waals surface area contributed by atoms with Gasteiger partial charge in [0.25, 0.3) is 0 Å². The van der Waals surface area contributed by atoms with Gasteiger partial charge < -0.3 is 10.6 Å². The van der Waals surface area contributed by atoms with Crippen LogP contribution in [0.2, 0.25) is 0 Å². The van der Waals surface area contributed by atoms with E-state index in [2.05, 4.69) is 36.1 Å². The van der Waals surface area contributed by atoms with Gasteiger partial charge in [-0.2, -0.15) is 0 Å². The summed E-state index contributed by atoms with van der Waals surface area (Å²) in [7, 11) is 1.86. The highest BCUT2D eigenvalue weighted by Crippen LogP contribution is 2.06. The van der Waals surface area contributed by atoms with Crippen molar-refractivity contribution in [3.05, 3.63) is 35.9 Å².